The van der Waals surface area contributed by atoms with Gasteiger partial charge in [0.05, 0.1) is 6.54 Å². The molecule has 1 rings (SSSR count). The molecule has 112 valence electrons. The molecule has 0 saturated heterocycles. The van der Waals surface area contributed by atoms with E-state index >= 15 is 0 Å². The van der Waals surface area contributed by atoms with Gasteiger partial charge in [0.15, 0.2) is 0 Å². The molecule has 0 unspecified atom stereocenters. The van der Waals surface area contributed by atoms with Crippen LogP contribution in [-0.2, 0) is 11.3 Å². The largest absolute Gasteiger partial charge is 0.370 e. The molecule has 0 radical (unpaired) electrons. The minimum absolute atomic E-state index is 0.278. The van der Waals surface area contributed by atoms with Crippen LogP contribution in [0.4, 0.5) is 5.82 Å². The molecule has 5 heteroatoms. The van der Waals surface area contributed by atoms with Gasteiger partial charge in [-0.1, -0.05) is 26.8 Å². The standard InChI is InChI=1S/C15H26N4O/c1-4-7-17-15-13(6-5-8-18-15)10-19(9-12(2)3)11-14(16)20/h5-6,8,12H,4,7,9-11H2,1-3H3,(H2,16,20)(H,17,18). The molecule has 0 atom stereocenters. The molecule has 0 bridgehead atoms. The third-order valence-corrected chi connectivity index (χ3v) is 2.83. The first-order chi connectivity index (χ1) is 9.52. The number of primary amides is 1. The number of nitrogens with zero attached hydrogens (tertiary/aromatic N) is 2. The highest BCUT2D eigenvalue weighted by Gasteiger charge is 2.13. The quantitative estimate of drug-likeness (QED) is 0.723. The second-order valence-electron chi connectivity index (χ2n) is 5.47. The third kappa shape index (κ3) is 6.02. The van der Waals surface area contributed by atoms with E-state index in [1.54, 1.807) is 6.20 Å². The summed E-state index contributed by atoms with van der Waals surface area (Å²) in [5, 5.41) is 3.32. The average Bonchev–Trinajstić information content (AvgIpc) is 2.36. The maximum atomic E-state index is 11.2. The van der Waals surface area contributed by atoms with Gasteiger partial charge < -0.3 is 11.1 Å². The summed E-state index contributed by atoms with van der Waals surface area (Å²) in [6, 6.07) is 3.96. The van der Waals surface area contributed by atoms with Crippen LogP contribution in [0.2, 0.25) is 0 Å². The number of aromatic nitrogens is 1. The van der Waals surface area contributed by atoms with Crippen LogP contribution in [0.1, 0.15) is 32.8 Å². The number of anilines is 1. The SMILES string of the molecule is CCCNc1ncccc1CN(CC(N)=O)CC(C)C. The van der Waals surface area contributed by atoms with Crippen LogP contribution in [0.3, 0.4) is 0 Å². The van der Waals surface area contributed by atoms with Gasteiger partial charge >= 0.3 is 0 Å². The molecule has 0 spiro atoms. The van der Waals surface area contributed by atoms with Crippen LogP contribution >= 0.6 is 0 Å². The van der Waals surface area contributed by atoms with Gasteiger partial charge in [-0.3, -0.25) is 9.69 Å². The molecule has 0 aliphatic heterocycles. The van der Waals surface area contributed by atoms with Crippen molar-refractivity contribution in [3.63, 3.8) is 0 Å². The Bertz CT molecular complexity index is 420. The molecule has 0 aliphatic carbocycles. The van der Waals surface area contributed by atoms with E-state index in [1.807, 2.05) is 12.1 Å². The monoisotopic (exact) mass is 278 g/mol. The summed E-state index contributed by atoms with van der Waals surface area (Å²) in [6.07, 6.45) is 2.83. The number of carbonyl (C=O) groups is 1. The summed E-state index contributed by atoms with van der Waals surface area (Å²) in [4.78, 5) is 17.6. The Hall–Kier alpha value is -1.62. The number of hydrogen-bond donors (Lipinski definition) is 2. The lowest BCUT2D eigenvalue weighted by atomic mass is 10.1. The first-order valence-electron chi connectivity index (χ1n) is 7.21. The molecular weight excluding hydrogens is 252 g/mol. The van der Waals surface area contributed by atoms with Crippen LogP contribution in [0, 0.1) is 5.92 Å². The van der Waals surface area contributed by atoms with Gasteiger partial charge in [-0.05, 0) is 18.4 Å². The van der Waals surface area contributed by atoms with E-state index in [0.717, 1.165) is 30.9 Å². The summed E-state index contributed by atoms with van der Waals surface area (Å²) < 4.78 is 0. The molecule has 20 heavy (non-hydrogen) atoms. The molecule has 0 aromatic carbocycles. The topological polar surface area (TPSA) is 71.2 Å². The molecule has 5 nitrogen and oxygen atoms in total. The zero-order valence-electron chi connectivity index (χ0n) is 12.7. The van der Waals surface area contributed by atoms with Crippen molar-refractivity contribution in [2.24, 2.45) is 11.7 Å². The second-order valence-corrected chi connectivity index (χ2v) is 5.47. The zero-order valence-corrected chi connectivity index (χ0v) is 12.7. The Morgan fingerprint density at radius 2 is 2.25 bits per heavy atom. The van der Waals surface area contributed by atoms with Crippen molar-refractivity contribution in [1.82, 2.24) is 9.88 Å². The van der Waals surface area contributed by atoms with E-state index in [4.69, 9.17) is 5.73 Å². The third-order valence-electron chi connectivity index (χ3n) is 2.83. The van der Waals surface area contributed by atoms with E-state index in [9.17, 15) is 4.79 Å². The van der Waals surface area contributed by atoms with Crippen LogP contribution in [-0.4, -0.2) is 35.4 Å². The van der Waals surface area contributed by atoms with Crippen molar-refractivity contribution < 1.29 is 4.79 Å². The van der Waals surface area contributed by atoms with Crippen molar-refractivity contribution in [3.05, 3.63) is 23.9 Å². The lowest BCUT2D eigenvalue weighted by Crippen LogP contribution is -2.36. The molecule has 0 fully saturated rings. The molecule has 1 aromatic heterocycles. The number of carbonyl (C=O) groups excluding carboxylic acids is 1. The fourth-order valence-corrected chi connectivity index (χ4v) is 2.13. The summed E-state index contributed by atoms with van der Waals surface area (Å²) >= 11 is 0. The van der Waals surface area contributed by atoms with E-state index in [-0.39, 0.29) is 12.5 Å². The minimum atomic E-state index is -0.294. The highest BCUT2D eigenvalue weighted by molar-refractivity contribution is 5.75. The maximum Gasteiger partial charge on any atom is 0.231 e. The first kappa shape index (κ1) is 16.4. The van der Waals surface area contributed by atoms with Crippen molar-refractivity contribution in [2.45, 2.75) is 33.7 Å². The van der Waals surface area contributed by atoms with Crippen LogP contribution < -0.4 is 11.1 Å². The van der Waals surface area contributed by atoms with Crippen molar-refractivity contribution >= 4 is 11.7 Å². The second kappa shape index (κ2) is 8.53. The van der Waals surface area contributed by atoms with Gasteiger partial charge in [-0.25, -0.2) is 4.98 Å². The van der Waals surface area contributed by atoms with Crippen LogP contribution in [0.15, 0.2) is 18.3 Å². The number of amides is 1. The summed E-state index contributed by atoms with van der Waals surface area (Å²) in [6.45, 7) is 9.07. The molecule has 0 saturated carbocycles. The number of rotatable bonds is 9. The smallest absolute Gasteiger partial charge is 0.231 e. The minimum Gasteiger partial charge on any atom is -0.370 e. The van der Waals surface area contributed by atoms with Crippen LogP contribution in [0.25, 0.3) is 0 Å². The Morgan fingerprint density at radius 3 is 2.85 bits per heavy atom. The Kier molecular flexibility index (Phi) is 7.01. The number of pyridine rings is 1. The average molecular weight is 278 g/mol. The van der Waals surface area contributed by atoms with Crippen LogP contribution in [0.5, 0.6) is 0 Å². The highest BCUT2D eigenvalue weighted by atomic mass is 16.1. The first-order valence-corrected chi connectivity index (χ1v) is 7.21. The fourth-order valence-electron chi connectivity index (χ4n) is 2.13. The predicted octanol–water partition coefficient (Wildman–Crippen LogP) is 1.85. The summed E-state index contributed by atoms with van der Waals surface area (Å²) in [7, 11) is 0. The Labute approximate surface area is 121 Å². The van der Waals surface area contributed by atoms with E-state index in [1.165, 1.54) is 0 Å². The summed E-state index contributed by atoms with van der Waals surface area (Å²) in [5.41, 5.74) is 6.43. The van der Waals surface area contributed by atoms with Gasteiger partial charge in [0.2, 0.25) is 5.91 Å². The molecule has 1 amide bonds. The number of nitrogens with one attached hydrogen (secondary N) is 1. The Morgan fingerprint density at radius 1 is 1.50 bits per heavy atom. The predicted molar refractivity (Wildman–Crippen MR) is 82.3 cm³/mol. The summed E-state index contributed by atoms with van der Waals surface area (Å²) in [5.74, 6) is 1.09. The van der Waals surface area contributed by atoms with Crippen molar-refractivity contribution in [1.29, 1.82) is 0 Å². The van der Waals surface area contributed by atoms with Gasteiger partial charge in [0, 0.05) is 31.4 Å². The molecule has 1 aromatic rings. The van der Waals surface area contributed by atoms with E-state index in [0.29, 0.717) is 12.5 Å². The molecule has 3 N–H and O–H groups in total. The number of hydrogen-bond acceptors (Lipinski definition) is 4. The van der Waals surface area contributed by atoms with Gasteiger partial charge in [-0.2, -0.15) is 0 Å². The van der Waals surface area contributed by atoms with Crippen molar-refractivity contribution in [3.8, 4) is 0 Å². The van der Waals surface area contributed by atoms with E-state index < -0.39 is 0 Å². The lowest BCUT2D eigenvalue weighted by molar-refractivity contribution is -0.119. The van der Waals surface area contributed by atoms with Gasteiger partial charge in [-0.15, -0.1) is 0 Å². The van der Waals surface area contributed by atoms with Gasteiger partial charge in [0.25, 0.3) is 0 Å². The lowest BCUT2D eigenvalue weighted by Gasteiger charge is -2.23. The molecule has 1 heterocycles. The normalized spacial score (nSPS) is 11.1. The zero-order chi connectivity index (χ0) is 15.0. The number of nitrogens with two attached hydrogens (primary N) is 1. The fraction of sp³-hybridized carbons (Fsp3) is 0.600. The molecular formula is C15H26N4O. The maximum absolute atomic E-state index is 11.2. The van der Waals surface area contributed by atoms with Crippen molar-refractivity contribution in [2.75, 3.05) is 25.0 Å². The Balaban J connectivity index is 2.78. The van der Waals surface area contributed by atoms with E-state index in [2.05, 4.69) is 36.0 Å². The van der Waals surface area contributed by atoms with Gasteiger partial charge in [0.1, 0.15) is 5.82 Å². The molecule has 0 aliphatic rings. The highest BCUT2D eigenvalue weighted by Crippen LogP contribution is 2.15.